The highest BCUT2D eigenvalue weighted by molar-refractivity contribution is 6.04. The number of hydrogen-bond donors (Lipinski definition) is 1. The second-order valence-corrected chi connectivity index (χ2v) is 4.97. The topological polar surface area (TPSA) is 32.3 Å². The van der Waals surface area contributed by atoms with Crippen LogP contribution in [0.1, 0.15) is 15.9 Å². The van der Waals surface area contributed by atoms with E-state index in [4.69, 9.17) is 0 Å². The molecule has 2 aromatic carbocycles. The van der Waals surface area contributed by atoms with Crippen molar-refractivity contribution in [3.05, 3.63) is 59.7 Å². The van der Waals surface area contributed by atoms with Gasteiger partial charge in [0.15, 0.2) is 0 Å². The minimum atomic E-state index is -4.44. The smallest absolute Gasteiger partial charge is 0.378 e. The molecule has 0 bridgehead atoms. The number of carbonyl (C=O) groups excluding carboxylic acids is 1. The van der Waals surface area contributed by atoms with Crippen LogP contribution in [0.15, 0.2) is 48.5 Å². The van der Waals surface area contributed by atoms with Crippen LogP contribution in [0.25, 0.3) is 0 Å². The van der Waals surface area contributed by atoms with E-state index in [1.165, 1.54) is 12.1 Å². The van der Waals surface area contributed by atoms with Gasteiger partial charge in [-0.3, -0.25) is 4.79 Å². The summed E-state index contributed by atoms with van der Waals surface area (Å²) in [6.07, 6.45) is -4.44. The Kier molecular flexibility index (Phi) is 4.40. The molecule has 2 aromatic rings. The van der Waals surface area contributed by atoms with Crippen molar-refractivity contribution in [1.29, 1.82) is 0 Å². The summed E-state index contributed by atoms with van der Waals surface area (Å²) in [6.45, 7) is 0. The molecule has 0 atom stereocenters. The molecule has 0 aliphatic carbocycles. The van der Waals surface area contributed by atoms with E-state index in [-0.39, 0.29) is 5.69 Å². The molecule has 2 rings (SSSR count). The Labute approximate surface area is 126 Å². The molecule has 0 radical (unpaired) electrons. The van der Waals surface area contributed by atoms with E-state index in [1.54, 1.807) is 24.3 Å². The first-order valence-electron chi connectivity index (χ1n) is 6.53. The number of rotatable bonds is 3. The van der Waals surface area contributed by atoms with E-state index in [9.17, 15) is 18.0 Å². The molecule has 0 unspecified atom stereocenters. The number of nitrogens with one attached hydrogen (secondary N) is 1. The average molecular weight is 308 g/mol. The Morgan fingerprint density at radius 1 is 1.05 bits per heavy atom. The van der Waals surface area contributed by atoms with Gasteiger partial charge >= 0.3 is 6.18 Å². The van der Waals surface area contributed by atoms with Crippen molar-refractivity contribution in [2.45, 2.75) is 6.18 Å². The predicted octanol–water partition coefficient (Wildman–Crippen LogP) is 4.02. The molecule has 0 saturated carbocycles. The number of alkyl halides is 3. The van der Waals surface area contributed by atoms with Crippen molar-refractivity contribution in [3.63, 3.8) is 0 Å². The zero-order chi connectivity index (χ0) is 16.3. The van der Waals surface area contributed by atoms with Crippen LogP contribution in [0, 0.1) is 0 Å². The average Bonchev–Trinajstić information content (AvgIpc) is 2.46. The summed E-state index contributed by atoms with van der Waals surface area (Å²) in [6, 6.07) is 11.3. The lowest BCUT2D eigenvalue weighted by Crippen LogP contribution is -2.14. The van der Waals surface area contributed by atoms with Gasteiger partial charge in [0.1, 0.15) is 0 Å². The molecule has 0 aromatic heterocycles. The van der Waals surface area contributed by atoms with Gasteiger partial charge in [-0.25, -0.2) is 0 Å². The van der Waals surface area contributed by atoms with Gasteiger partial charge in [0.2, 0.25) is 0 Å². The molecule has 0 spiro atoms. The quantitative estimate of drug-likeness (QED) is 0.928. The minimum Gasteiger partial charge on any atom is -0.378 e. The van der Waals surface area contributed by atoms with Gasteiger partial charge in [-0.1, -0.05) is 6.07 Å². The van der Waals surface area contributed by atoms with E-state index >= 15 is 0 Å². The molecule has 0 aliphatic heterocycles. The van der Waals surface area contributed by atoms with Crippen molar-refractivity contribution in [2.24, 2.45) is 0 Å². The molecule has 116 valence electrons. The number of hydrogen-bond acceptors (Lipinski definition) is 2. The molecule has 1 amide bonds. The SMILES string of the molecule is CN(C)c1ccc(C(=O)Nc2cccc(C(F)(F)F)c2)cc1. The Morgan fingerprint density at radius 2 is 1.68 bits per heavy atom. The lowest BCUT2D eigenvalue weighted by molar-refractivity contribution is -0.137. The van der Waals surface area contributed by atoms with Crippen LogP contribution in [0.3, 0.4) is 0 Å². The van der Waals surface area contributed by atoms with Gasteiger partial charge in [-0.2, -0.15) is 13.2 Å². The molecule has 22 heavy (non-hydrogen) atoms. The number of amides is 1. The fourth-order valence-electron chi connectivity index (χ4n) is 1.89. The highest BCUT2D eigenvalue weighted by Crippen LogP contribution is 2.30. The van der Waals surface area contributed by atoms with E-state index in [0.29, 0.717) is 5.56 Å². The second-order valence-electron chi connectivity index (χ2n) is 4.97. The van der Waals surface area contributed by atoms with E-state index in [1.807, 2.05) is 19.0 Å². The van der Waals surface area contributed by atoms with Crippen LogP contribution in [0.4, 0.5) is 24.5 Å². The van der Waals surface area contributed by atoms with Crippen molar-refractivity contribution >= 4 is 17.3 Å². The van der Waals surface area contributed by atoms with E-state index in [0.717, 1.165) is 17.8 Å². The van der Waals surface area contributed by atoms with Gasteiger partial charge in [-0.05, 0) is 42.5 Å². The summed E-state index contributed by atoms with van der Waals surface area (Å²) in [7, 11) is 3.75. The fourth-order valence-corrected chi connectivity index (χ4v) is 1.89. The van der Waals surface area contributed by atoms with Crippen molar-refractivity contribution in [1.82, 2.24) is 0 Å². The third-order valence-corrected chi connectivity index (χ3v) is 3.09. The molecular formula is C16H15F3N2O. The molecule has 3 nitrogen and oxygen atoms in total. The van der Waals surface area contributed by atoms with Crippen LogP contribution in [-0.2, 0) is 6.18 Å². The summed E-state index contributed by atoms with van der Waals surface area (Å²) >= 11 is 0. The fraction of sp³-hybridized carbons (Fsp3) is 0.188. The molecule has 1 N–H and O–H groups in total. The maximum absolute atomic E-state index is 12.6. The van der Waals surface area contributed by atoms with Gasteiger partial charge in [0.05, 0.1) is 5.56 Å². The van der Waals surface area contributed by atoms with Gasteiger partial charge in [-0.15, -0.1) is 0 Å². The monoisotopic (exact) mass is 308 g/mol. The largest absolute Gasteiger partial charge is 0.416 e. The van der Waals surface area contributed by atoms with E-state index in [2.05, 4.69) is 5.32 Å². The summed E-state index contributed by atoms with van der Waals surface area (Å²) < 4.78 is 37.9. The normalized spacial score (nSPS) is 11.1. The van der Waals surface area contributed by atoms with Crippen LogP contribution < -0.4 is 10.2 Å². The molecule has 0 saturated heterocycles. The summed E-state index contributed by atoms with van der Waals surface area (Å²) in [5.74, 6) is -0.454. The Balaban J connectivity index is 2.15. The first kappa shape index (κ1) is 15.9. The molecule has 0 fully saturated rings. The predicted molar refractivity (Wildman–Crippen MR) is 80.2 cm³/mol. The van der Waals surface area contributed by atoms with E-state index < -0.39 is 17.6 Å². The molecule has 6 heteroatoms. The minimum absolute atomic E-state index is 0.108. The first-order valence-corrected chi connectivity index (χ1v) is 6.53. The van der Waals surface area contributed by atoms with Gasteiger partial charge in [0.25, 0.3) is 5.91 Å². The highest BCUT2D eigenvalue weighted by Gasteiger charge is 2.30. The lowest BCUT2D eigenvalue weighted by atomic mass is 10.1. The van der Waals surface area contributed by atoms with Crippen LogP contribution in [-0.4, -0.2) is 20.0 Å². The molecule has 0 heterocycles. The number of carbonyl (C=O) groups is 1. The third kappa shape index (κ3) is 3.78. The Morgan fingerprint density at radius 3 is 2.23 bits per heavy atom. The Hall–Kier alpha value is -2.50. The number of nitrogens with zero attached hydrogens (tertiary/aromatic N) is 1. The zero-order valence-corrected chi connectivity index (χ0v) is 12.1. The lowest BCUT2D eigenvalue weighted by Gasteiger charge is -2.13. The van der Waals surface area contributed by atoms with Crippen LogP contribution in [0.2, 0.25) is 0 Å². The Bertz CT molecular complexity index is 664. The highest BCUT2D eigenvalue weighted by atomic mass is 19.4. The third-order valence-electron chi connectivity index (χ3n) is 3.09. The van der Waals surface area contributed by atoms with Crippen molar-refractivity contribution in [2.75, 3.05) is 24.3 Å². The first-order chi connectivity index (χ1) is 10.3. The summed E-state index contributed by atoms with van der Waals surface area (Å²) in [4.78, 5) is 13.9. The number of halogens is 3. The van der Waals surface area contributed by atoms with Crippen molar-refractivity contribution < 1.29 is 18.0 Å². The maximum Gasteiger partial charge on any atom is 0.416 e. The molecule has 0 aliphatic rings. The van der Waals surface area contributed by atoms with Gasteiger partial charge in [0, 0.05) is 31.0 Å². The summed E-state index contributed by atoms with van der Waals surface area (Å²) in [5.41, 5.74) is 0.614. The van der Waals surface area contributed by atoms with Crippen molar-refractivity contribution in [3.8, 4) is 0 Å². The summed E-state index contributed by atoms with van der Waals surface area (Å²) in [5, 5.41) is 2.47. The van der Waals surface area contributed by atoms with Gasteiger partial charge < -0.3 is 10.2 Å². The zero-order valence-electron chi connectivity index (χ0n) is 12.1. The maximum atomic E-state index is 12.6. The number of benzene rings is 2. The van der Waals surface area contributed by atoms with Crippen LogP contribution >= 0.6 is 0 Å². The second kappa shape index (κ2) is 6.09. The number of anilines is 2. The van der Waals surface area contributed by atoms with Crippen LogP contribution in [0.5, 0.6) is 0 Å². The molecular weight excluding hydrogens is 293 g/mol. The standard InChI is InChI=1S/C16H15F3N2O/c1-21(2)14-8-6-11(7-9-14)15(22)20-13-5-3-4-12(10-13)16(17,18)19/h3-10H,1-2H3,(H,20,22).